The van der Waals surface area contributed by atoms with E-state index in [0.717, 1.165) is 0 Å². The highest BCUT2D eigenvalue weighted by Gasteiger charge is 1.98. The van der Waals surface area contributed by atoms with E-state index in [4.69, 9.17) is 5.53 Å². The lowest BCUT2D eigenvalue weighted by atomic mass is 10.2. The number of nitrogens with zero attached hydrogens (tertiary/aromatic N) is 3. The standard InChI is InChI=1S/C13H10N3O/c14-16-12-9-5-4-8-11(12)15-13(17)10-6-2-1-3-7-10/h1-9H,(H,15,17)/p-1. The van der Waals surface area contributed by atoms with Crippen molar-refractivity contribution in [2.45, 2.75) is 0 Å². The van der Waals surface area contributed by atoms with Crippen LogP contribution in [0.15, 0.2) is 64.7 Å². The molecule has 0 aliphatic heterocycles. The van der Waals surface area contributed by atoms with Gasteiger partial charge in [0.2, 0.25) is 0 Å². The van der Waals surface area contributed by atoms with Gasteiger partial charge in [0.1, 0.15) is 5.69 Å². The van der Waals surface area contributed by atoms with E-state index in [9.17, 15) is 5.11 Å². The molecule has 2 aromatic carbocycles. The molecule has 17 heavy (non-hydrogen) atoms. The lowest BCUT2D eigenvalue weighted by Crippen LogP contribution is -2.18. The smallest absolute Gasteiger partial charge is 0.113 e. The fraction of sp³-hybridized carbons (Fsp3) is 0. The van der Waals surface area contributed by atoms with Gasteiger partial charge in [-0.2, -0.15) is 0 Å². The minimum absolute atomic E-state index is 0.275. The third-order valence-electron chi connectivity index (χ3n) is 2.23. The van der Waals surface area contributed by atoms with Crippen LogP contribution in [0, 0.1) is 0 Å². The molecule has 4 nitrogen and oxygen atoms in total. The van der Waals surface area contributed by atoms with Crippen LogP contribution in [0.3, 0.4) is 0 Å². The summed E-state index contributed by atoms with van der Waals surface area (Å²) >= 11 is 0. The van der Waals surface area contributed by atoms with Crippen molar-refractivity contribution in [2.75, 3.05) is 0 Å². The molecule has 2 rings (SSSR count). The molecule has 1 radical (unpaired) electrons. The molecular formula is C13H9N3O-. The summed E-state index contributed by atoms with van der Waals surface area (Å²) in [6.07, 6.45) is 0. The van der Waals surface area contributed by atoms with E-state index < -0.39 is 0 Å². The number of para-hydroxylation sites is 1. The molecule has 0 atom stereocenters. The lowest BCUT2D eigenvalue weighted by Gasteiger charge is -2.10. The van der Waals surface area contributed by atoms with E-state index in [1.807, 2.05) is 6.07 Å². The Bertz CT molecular complexity index is 550. The largest absolute Gasteiger partial charge is 0.858 e. The summed E-state index contributed by atoms with van der Waals surface area (Å²) in [5, 5.41) is 14.9. The van der Waals surface area contributed by atoms with Gasteiger partial charge in [-0.15, -0.1) is 5.11 Å². The molecule has 0 aliphatic carbocycles. The Morgan fingerprint density at radius 3 is 2.12 bits per heavy atom. The zero-order valence-electron chi connectivity index (χ0n) is 8.95. The first-order valence-corrected chi connectivity index (χ1v) is 5.06. The van der Waals surface area contributed by atoms with Crippen LogP contribution in [0.5, 0.6) is 0 Å². The van der Waals surface area contributed by atoms with Crippen molar-refractivity contribution >= 4 is 17.3 Å². The van der Waals surface area contributed by atoms with E-state index in [1.54, 1.807) is 48.5 Å². The lowest BCUT2D eigenvalue weighted by molar-refractivity contribution is -0.212. The van der Waals surface area contributed by atoms with Crippen molar-refractivity contribution < 1.29 is 5.11 Å². The van der Waals surface area contributed by atoms with Crippen LogP contribution in [-0.2, 0) is 0 Å². The Balaban J connectivity index is 2.39. The van der Waals surface area contributed by atoms with Crippen molar-refractivity contribution in [1.82, 2.24) is 5.53 Å². The van der Waals surface area contributed by atoms with Gasteiger partial charge in [0.15, 0.2) is 0 Å². The zero-order chi connectivity index (χ0) is 12.1. The Labute approximate surface area is 98.8 Å². The molecule has 0 aliphatic rings. The summed E-state index contributed by atoms with van der Waals surface area (Å²) < 4.78 is 0. The minimum Gasteiger partial charge on any atom is -0.858 e. The summed E-state index contributed by atoms with van der Waals surface area (Å²) in [7, 11) is 0. The summed E-state index contributed by atoms with van der Waals surface area (Å²) in [5.41, 5.74) is 9.88. The van der Waals surface area contributed by atoms with Crippen LogP contribution in [0.2, 0.25) is 0 Å². The molecule has 0 unspecified atom stereocenters. The van der Waals surface area contributed by atoms with E-state index in [-0.39, 0.29) is 11.6 Å². The van der Waals surface area contributed by atoms with Crippen LogP contribution >= 0.6 is 0 Å². The first-order chi connectivity index (χ1) is 8.31. The van der Waals surface area contributed by atoms with Crippen LogP contribution in [-0.4, -0.2) is 5.90 Å². The number of aliphatic imine (C=N–C) groups is 1. The van der Waals surface area contributed by atoms with E-state index >= 15 is 0 Å². The Morgan fingerprint density at radius 1 is 0.882 bits per heavy atom. The topological polar surface area (TPSA) is 70.1 Å². The fourth-order valence-electron chi connectivity index (χ4n) is 1.40. The van der Waals surface area contributed by atoms with Gasteiger partial charge < -0.3 is 5.11 Å². The summed E-state index contributed by atoms with van der Waals surface area (Å²) in [6, 6.07) is 15.4. The van der Waals surface area contributed by atoms with Crippen molar-refractivity contribution in [2.24, 2.45) is 10.1 Å². The maximum Gasteiger partial charge on any atom is 0.113 e. The second-order valence-corrected chi connectivity index (χ2v) is 3.37. The molecule has 0 bridgehead atoms. The van der Waals surface area contributed by atoms with E-state index in [1.165, 1.54) is 0 Å². The van der Waals surface area contributed by atoms with Crippen molar-refractivity contribution in [1.29, 1.82) is 0 Å². The summed E-state index contributed by atoms with van der Waals surface area (Å²) in [6.45, 7) is 0. The van der Waals surface area contributed by atoms with Gasteiger partial charge in [0, 0.05) is 0 Å². The monoisotopic (exact) mass is 223 g/mol. The molecular weight excluding hydrogens is 214 g/mol. The number of hydrogen-bond donors (Lipinski definition) is 0. The molecule has 0 N–H and O–H groups in total. The van der Waals surface area contributed by atoms with Gasteiger partial charge >= 0.3 is 0 Å². The van der Waals surface area contributed by atoms with E-state index in [0.29, 0.717) is 11.3 Å². The maximum atomic E-state index is 11.8. The van der Waals surface area contributed by atoms with Crippen molar-refractivity contribution in [3.63, 3.8) is 0 Å². The summed E-state index contributed by atoms with van der Waals surface area (Å²) in [5.74, 6) is -0.360. The normalized spacial score (nSPS) is 11.2. The maximum absolute atomic E-state index is 11.8. The average Bonchev–Trinajstić information content (AvgIpc) is 2.40. The van der Waals surface area contributed by atoms with Gasteiger partial charge in [-0.05, 0) is 29.1 Å². The van der Waals surface area contributed by atoms with E-state index in [2.05, 4.69) is 10.1 Å². The Morgan fingerprint density at radius 2 is 1.47 bits per heavy atom. The molecule has 0 heterocycles. The molecule has 0 saturated carbocycles. The quantitative estimate of drug-likeness (QED) is 0.445. The van der Waals surface area contributed by atoms with Gasteiger partial charge in [-0.1, -0.05) is 42.5 Å². The molecule has 83 valence electrons. The molecule has 4 heteroatoms. The molecule has 2 aromatic rings. The third-order valence-corrected chi connectivity index (χ3v) is 2.23. The molecule has 0 amide bonds. The zero-order valence-corrected chi connectivity index (χ0v) is 8.95. The van der Waals surface area contributed by atoms with Crippen LogP contribution < -0.4 is 10.6 Å². The van der Waals surface area contributed by atoms with Gasteiger partial charge in [0.25, 0.3) is 0 Å². The molecule has 0 aromatic heterocycles. The highest BCUT2D eigenvalue weighted by Crippen LogP contribution is 2.26. The number of rotatable bonds is 3. The minimum atomic E-state index is -0.360. The number of hydrogen-bond acceptors (Lipinski definition) is 3. The molecule has 0 fully saturated rings. The van der Waals surface area contributed by atoms with Crippen LogP contribution in [0.4, 0.5) is 11.4 Å². The highest BCUT2D eigenvalue weighted by molar-refractivity contribution is 5.93. The first-order valence-electron chi connectivity index (χ1n) is 5.06. The second kappa shape index (κ2) is 5.03. The Kier molecular flexibility index (Phi) is 3.25. The molecule has 0 spiro atoms. The Hall–Kier alpha value is -2.49. The fourth-order valence-corrected chi connectivity index (χ4v) is 1.40. The molecule has 0 saturated heterocycles. The van der Waals surface area contributed by atoms with Gasteiger partial charge in [-0.3, -0.25) is 4.99 Å². The first kappa shape index (κ1) is 11.0. The predicted molar refractivity (Wildman–Crippen MR) is 63.3 cm³/mol. The van der Waals surface area contributed by atoms with Crippen molar-refractivity contribution in [3.8, 4) is 0 Å². The third kappa shape index (κ3) is 2.55. The van der Waals surface area contributed by atoms with Crippen LogP contribution in [0.25, 0.3) is 0 Å². The number of benzene rings is 2. The average molecular weight is 223 g/mol. The SMILES string of the molecule is [N]=Nc1ccccc1N=C([O-])c1ccccc1. The van der Waals surface area contributed by atoms with Gasteiger partial charge in [0.05, 0.1) is 5.69 Å². The van der Waals surface area contributed by atoms with Crippen LogP contribution in [0.1, 0.15) is 5.56 Å². The highest BCUT2D eigenvalue weighted by atomic mass is 16.3. The summed E-state index contributed by atoms with van der Waals surface area (Å²) in [4.78, 5) is 3.91. The second-order valence-electron chi connectivity index (χ2n) is 3.37. The van der Waals surface area contributed by atoms with Gasteiger partial charge in [-0.25, -0.2) is 0 Å². The predicted octanol–water partition coefficient (Wildman–Crippen LogP) is 2.01. The van der Waals surface area contributed by atoms with Crippen molar-refractivity contribution in [3.05, 3.63) is 60.2 Å².